The molecule has 6 nitrogen and oxygen atoms in total. The lowest BCUT2D eigenvalue weighted by Gasteiger charge is -2.18. The van der Waals surface area contributed by atoms with Crippen LogP contribution in [0.4, 0.5) is 4.39 Å². The Hall–Kier alpha value is -4.43. The summed E-state index contributed by atoms with van der Waals surface area (Å²) in [7, 11) is 1.87. The van der Waals surface area contributed by atoms with Crippen LogP contribution in [0.1, 0.15) is 18.9 Å². The Morgan fingerprint density at radius 1 is 0.974 bits per heavy atom. The van der Waals surface area contributed by atoms with Crippen molar-refractivity contribution in [3.8, 4) is 22.8 Å². The van der Waals surface area contributed by atoms with Crippen LogP contribution in [-0.4, -0.2) is 22.8 Å². The minimum Gasteiger partial charge on any atom is -0.493 e. The summed E-state index contributed by atoms with van der Waals surface area (Å²) >= 11 is 1.34. The summed E-state index contributed by atoms with van der Waals surface area (Å²) in [4.78, 5) is 28.1. The predicted octanol–water partition coefficient (Wildman–Crippen LogP) is 4.57. The summed E-state index contributed by atoms with van der Waals surface area (Å²) in [6.07, 6.45) is 0.544. The molecular weight excluding hydrogens is 515 g/mol. The molecule has 1 N–H and O–H groups in total. The number of ether oxygens (including phenoxy) is 2. The number of aromatic nitrogens is 2. The second-order valence-corrected chi connectivity index (χ2v) is 10.2. The Morgan fingerprint density at radius 2 is 1.67 bits per heavy atom. The van der Waals surface area contributed by atoms with Crippen molar-refractivity contribution in [2.45, 2.75) is 13.3 Å². The number of hydrogen-bond donors (Lipinski definition) is 1. The van der Waals surface area contributed by atoms with Gasteiger partial charge in [-0.25, -0.2) is 4.39 Å². The highest BCUT2D eigenvalue weighted by Gasteiger charge is 2.18. The van der Waals surface area contributed by atoms with Crippen molar-refractivity contribution < 1.29 is 13.9 Å². The van der Waals surface area contributed by atoms with Crippen molar-refractivity contribution >= 4 is 34.4 Å². The second-order valence-electron chi connectivity index (χ2n) is 9.10. The molecule has 5 rings (SSSR count). The molecule has 198 valence electrons. The summed E-state index contributed by atoms with van der Waals surface area (Å²) in [5.74, 6) is 0.572. The molecule has 2 aromatic heterocycles. The van der Waals surface area contributed by atoms with Crippen molar-refractivity contribution in [2.24, 2.45) is 7.05 Å². The number of H-pyrrole nitrogens is 1. The highest BCUT2D eigenvalue weighted by atomic mass is 32.1. The number of thiazole rings is 1. The van der Waals surface area contributed by atoms with Gasteiger partial charge in [-0.15, -0.1) is 11.3 Å². The fraction of sp³-hybridized carbons (Fsp3) is 0.161. The van der Waals surface area contributed by atoms with Crippen molar-refractivity contribution in [1.82, 2.24) is 9.55 Å². The van der Waals surface area contributed by atoms with Crippen molar-refractivity contribution in [3.05, 3.63) is 114 Å². The highest BCUT2D eigenvalue weighted by Crippen LogP contribution is 2.30. The van der Waals surface area contributed by atoms with Crippen LogP contribution in [-0.2, 0) is 7.05 Å². The Morgan fingerprint density at radius 3 is 2.36 bits per heavy atom. The summed E-state index contributed by atoms with van der Waals surface area (Å²) in [6.45, 7) is 6.35. The van der Waals surface area contributed by atoms with Crippen LogP contribution in [0.25, 0.3) is 34.3 Å². The number of nitrogens with zero attached hydrogens (tertiary/aromatic N) is 1. The molecule has 2 heterocycles. The molecule has 0 unspecified atom stereocenters. The van der Waals surface area contributed by atoms with Crippen LogP contribution in [0.5, 0.6) is 11.5 Å². The van der Waals surface area contributed by atoms with Crippen LogP contribution >= 0.6 is 11.3 Å². The van der Waals surface area contributed by atoms with Gasteiger partial charge in [-0.3, -0.25) is 9.59 Å². The number of aromatic amines is 1. The summed E-state index contributed by atoms with van der Waals surface area (Å²) in [5.41, 5.74) is 3.52. The molecule has 5 aromatic rings. The lowest BCUT2D eigenvalue weighted by Crippen LogP contribution is -2.22. The van der Waals surface area contributed by atoms with E-state index in [1.165, 1.54) is 23.5 Å². The summed E-state index contributed by atoms with van der Waals surface area (Å²) in [5, 5.41) is 0.556. The second kappa shape index (κ2) is 11.1. The lowest BCUT2D eigenvalue weighted by molar-refractivity contribution is 0.246. The molecule has 0 fully saturated rings. The molecule has 8 heteroatoms. The Kier molecular flexibility index (Phi) is 7.47. The van der Waals surface area contributed by atoms with Crippen LogP contribution < -0.4 is 29.7 Å². The predicted molar refractivity (Wildman–Crippen MR) is 155 cm³/mol. The topological polar surface area (TPSA) is 73.3 Å². The van der Waals surface area contributed by atoms with E-state index in [0.717, 1.165) is 16.7 Å². The smallest absolute Gasteiger partial charge is 0.266 e. The average molecular weight is 543 g/mol. The number of hydrogen-bond acceptors (Lipinski definition) is 5. The van der Waals surface area contributed by atoms with Gasteiger partial charge >= 0.3 is 0 Å². The van der Waals surface area contributed by atoms with Crippen LogP contribution in [0.15, 0.2) is 82.4 Å². The molecule has 0 bridgehead atoms. The first-order valence-corrected chi connectivity index (χ1v) is 13.3. The highest BCUT2D eigenvalue weighted by molar-refractivity contribution is 7.07. The largest absolute Gasteiger partial charge is 0.493 e. The minimum atomic E-state index is -0.349. The first kappa shape index (κ1) is 26.2. The van der Waals surface area contributed by atoms with E-state index in [2.05, 4.69) is 11.6 Å². The van der Waals surface area contributed by atoms with E-state index in [1.807, 2.05) is 61.0 Å². The van der Waals surface area contributed by atoms with Gasteiger partial charge in [0, 0.05) is 24.4 Å². The number of fused-ring (bicyclic) bond motifs is 1. The van der Waals surface area contributed by atoms with E-state index in [4.69, 9.17) is 9.47 Å². The van der Waals surface area contributed by atoms with E-state index in [0.29, 0.717) is 44.6 Å². The third-order valence-electron chi connectivity index (χ3n) is 6.50. The Bertz CT molecular complexity index is 1870. The number of benzene rings is 3. The zero-order valence-electron chi connectivity index (χ0n) is 21.6. The molecular formula is C31H27FN2O4S. The number of nitrogens with one attached hydrogen (secondary N) is 1. The Labute approximate surface area is 227 Å². The van der Waals surface area contributed by atoms with Gasteiger partial charge in [0.15, 0.2) is 5.75 Å². The molecule has 3 aromatic carbocycles. The zero-order valence-corrected chi connectivity index (χ0v) is 22.4. The number of para-hydroxylation sites is 1. The van der Waals surface area contributed by atoms with Gasteiger partial charge in [-0.2, -0.15) is 0 Å². The average Bonchev–Trinajstić information content (AvgIpc) is 3.29. The summed E-state index contributed by atoms with van der Waals surface area (Å²) < 4.78 is 28.7. The van der Waals surface area contributed by atoms with Gasteiger partial charge in [0.25, 0.3) is 5.56 Å². The Balaban J connectivity index is 1.29. The van der Waals surface area contributed by atoms with Crippen molar-refractivity contribution in [1.29, 1.82) is 0 Å². The fourth-order valence-corrected chi connectivity index (χ4v) is 5.31. The van der Waals surface area contributed by atoms with E-state index in [9.17, 15) is 14.0 Å². The third-order valence-corrected chi connectivity index (χ3v) is 7.54. The first-order valence-electron chi connectivity index (χ1n) is 12.5. The molecule has 39 heavy (non-hydrogen) atoms. The SMILES string of the molecule is C=c1[nH]c(=O)/c(=C(/C)c2ccc(OCCCOc3c(-c4ccc(F)cc4)n(C)c4ccccc4c3=O)cc2)s1. The van der Waals surface area contributed by atoms with Gasteiger partial charge < -0.3 is 19.0 Å². The number of halogens is 1. The molecule has 0 aliphatic rings. The standard InChI is InChI=1S/C31H27FN2O4S/c1-19(30-31(36)33-20(2)39-30)21-11-15-24(16-12-21)37-17-6-18-38-29-27(22-9-13-23(32)14-10-22)34(3)26-8-5-4-7-25(26)28(29)35/h4-5,7-16H,2,6,17-18H2,1,3H3,(H,33,36)/b30-19+. The minimum absolute atomic E-state index is 0.133. The number of aryl methyl sites for hydroxylation is 1. The molecule has 0 saturated carbocycles. The summed E-state index contributed by atoms with van der Waals surface area (Å²) in [6, 6.07) is 20.9. The van der Waals surface area contributed by atoms with Crippen LogP contribution in [0.2, 0.25) is 0 Å². The lowest BCUT2D eigenvalue weighted by atomic mass is 10.1. The van der Waals surface area contributed by atoms with E-state index in [1.54, 1.807) is 18.2 Å². The zero-order chi connectivity index (χ0) is 27.5. The van der Waals surface area contributed by atoms with Crippen molar-refractivity contribution in [3.63, 3.8) is 0 Å². The van der Waals surface area contributed by atoms with E-state index < -0.39 is 0 Å². The van der Waals surface area contributed by atoms with Gasteiger partial charge in [-0.05, 0) is 66.6 Å². The molecule has 0 spiro atoms. The molecule has 0 aliphatic carbocycles. The van der Waals surface area contributed by atoms with E-state index >= 15 is 0 Å². The van der Waals surface area contributed by atoms with Gasteiger partial charge in [0.2, 0.25) is 5.43 Å². The number of rotatable bonds is 8. The third kappa shape index (κ3) is 5.42. The molecule has 0 atom stereocenters. The maximum absolute atomic E-state index is 13.6. The molecule has 0 amide bonds. The quantitative estimate of drug-likeness (QED) is 0.292. The van der Waals surface area contributed by atoms with Gasteiger partial charge in [-0.1, -0.05) is 30.8 Å². The van der Waals surface area contributed by atoms with E-state index in [-0.39, 0.29) is 29.2 Å². The number of pyridine rings is 1. The van der Waals surface area contributed by atoms with Gasteiger partial charge in [0.05, 0.1) is 33.6 Å². The maximum Gasteiger partial charge on any atom is 0.266 e. The maximum atomic E-state index is 13.6. The van der Waals surface area contributed by atoms with Crippen molar-refractivity contribution in [2.75, 3.05) is 13.2 Å². The fourth-order valence-electron chi connectivity index (χ4n) is 4.51. The molecule has 0 aliphatic heterocycles. The van der Waals surface area contributed by atoms with Crippen LogP contribution in [0, 0.1) is 5.82 Å². The molecule has 0 radical (unpaired) electrons. The monoisotopic (exact) mass is 542 g/mol. The van der Waals surface area contributed by atoms with Crippen LogP contribution in [0.3, 0.4) is 0 Å². The normalized spacial score (nSPS) is 12.0. The first-order chi connectivity index (χ1) is 18.8. The molecule has 0 saturated heterocycles. The van der Waals surface area contributed by atoms with Gasteiger partial charge in [0.1, 0.15) is 11.6 Å².